The number of aryl methyl sites for hydroxylation is 1. The first kappa shape index (κ1) is 18.1. The van der Waals surface area contributed by atoms with Crippen LogP contribution in [0.4, 0.5) is 5.69 Å². The topological polar surface area (TPSA) is 102 Å². The van der Waals surface area contributed by atoms with Crippen LogP contribution in [0.1, 0.15) is 67.9 Å². The van der Waals surface area contributed by atoms with Gasteiger partial charge in [0.25, 0.3) is 0 Å². The Labute approximate surface area is 164 Å². The van der Waals surface area contributed by atoms with Gasteiger partial charge in [-0.1, -0.05) is 39.0 Å². The van der Waals surface area contributed by atoms with E-state index >= 15 is 0 Å². The molecular weight excluding hydrogens is 350 g/mol. The van der Waals surface area contributed by atoms with E-state index in [1.807, 2.05) is 36.4 Å². The van der Waals surface area contributed by atoms with Crippen molar-refractivity contribution in [3.63, 3.8) is 0 Å². The van der Waals surface area contributed by atoms with Crippen molar-refractivity contribution in [3.05, 3.63) is 52.6 Å². The second kappa shape index (κ2) is 6.14. The van der Waals surface area contributed by atoms with Gasteiger partial charge in [0, 0.05) is 11.6 Å². The number of fused-ring (bicyclic) bond motifs is 5. The third-order valence-corrected chi connectivity index (χ3v) is 6.68. The fourth-order valence-corrected chi connectivity index (χ4v) is 5.10. The van der Waals surface area contributed by atoms with Gasteiger partial charge in [0.2, 0.25) is 5.91 Å². The lowest BCUT2D eigenvalue weighted by atomic mass is 9.67. The van der Waals surface area contributed by atoms with Crippen molar-refractivity contribution in [1.82, 2.24) is 9.97 Å². The van der Waals surface area contributed by atoms with Crippen molar-refractivity contribution >= 4 is 11.6 Å². The maximum atomic E-state index is 13.7. The van der Waals surface area contributed by atoms with Crippen LogP contribution in [-0.2, 0) is 16.6 Å². The maximum Gasteiger partial charge on any atom is 0.237 e. The average Bonchev–Trinajstić information content (AvgIpc) is 3.08. The molecule has 6 nitrogen and oxygen atoms in total. The van der Waals surface area contributed by atoms with Crippen molar-refractivity contribution in [2.24, 2.45) is 5.41 Å². The maximum absolute atomic E-state index is 13.7. The summed E-state index contributed by atoms with van der Waals surface area (Å²) in [5.41, 5.74) is 1.91. The number of benzene rings is 1. The van der Waals surface area contributed by atoms with Crippen LogP contribution in [0.3, 0.4) is 0 Å². The molecule has 28 heavy (non-hydrogen) atoms. The Hall–Kier alpha value is -3.25. The summed E-state index contributed by atoms with van der Waals surface area (Å²) < 4.78 is 0. The minimum absolute atomic E-state index is 0.00858. The summed E-state index contributed by atoms with van der Waals surface area (Å²) >= 11 is 0. The molecular formula is C22H21N5O. The number of anilines is 1. The molecule has 2 atom stereocenters. The summed E-state index contributed by atoms with van der Waals surface area (Å²) in [5, 5.41) is 21.9. The van der Waals surface area contributed by atoms with Gasteiger partial charge in [-0.25, -0.2) is 9.97 Å². The number of carbonyl (C=O) groups excluding carboxylic acids is 1. The molecule has 2 unspecified atom stereocenters. The predicted molar refractivity (Wildman–Crippen MR) is 103 cm³/mol. The molecule has 1 aromatic heterocycles. The summed E-state index contributed by atoms with van der Waals surface area (Å²) in [6, 6.07) is 11.7. The number of nitrogens with one attached hydrogen (secondary N) is 1. The van der Waals surface area contributed by atoms with E-state index < -0.39 is 10.8 Å². The Morgan fingerprint density at radius 1 is 1.21 bits per heavy atom. The summed E-state index contributed by atoms with van der Waals surface area (Å²) in [5.74, 6) is -0.0652. The molecule has 2 aliphatic carbocycles. The Morgan fingerprint density at radius 2 is 1.89 bits per heavy atom. The minimum atomic E-state index is -0.861. The van der Waals surface area contributed by atoms with Crippen LogP contribution in [0.2, 0.25) is 0 Å². The highest BCUT2D eigenvalue weighted by atomic mass is 16.2. The highest BCUT2D eigenvalue weighted by Crippen LogP contribution is 2.67. The zero-order valence-corrected chi connectivity index (χ0v) is 16.2. The van der Waals surface area contributed by atoms with Crippen molar-refractivity contribution < 1.29 is 4.79 Å². The summed E-state index contributed by atoms with van der Waals surface area (Å²) in [7, 11) is 0. The number of para-hydroxylation sites is 1. The normalized spacial score (nSPS) is 23.5. The van der Waals surface area contributed by atoms with Crippen molar-refractivity contribution in [3.8, 4) is 12.1 Å². The SMILES string of the molecule is CCc1ccccc1NC(=O)C12CCC(c3nc(C#N)c(C#N)nc31)C2(C)C. The number of hydrogen-bond acceptors (Lipinski definition) is 5. The van der Waals surface area contributed by atoms with Crippen LogP contribution in [0.5, 0.6) is 0 Å². The lowest BCUT2D eigenvalue weighted by molar-refractivity contribution is -0.124. The summed E-state index contributed by atoms with van der Waals surface area (Å²) in [6.45, 7) is 6.19. The minimum Gasteiger partial charge on any atom is -0.325 e. The lowest BCUT2D eigenvalue weighted by Crippen LogP contribution is -2.47. The first-order chi connectivity index (χ1) is 13.4. The second-order valence-corrected chi connectivity index (χ2v) is 8.06. The van der Waals surface area contributed by atoms with Crippen molar-refractivity contribution in [2.75, 3.05) is 5.32 Å². The number of nitrogens with zero attached hydrogens (tertiary/aromatic N) is 4. The molecule has 2 aromatic rings. The van der Waals surface area contributed by atoms with Gasteiger partial charge in [-0.3, -0.25) is 4.79 Å². The first-order valence-corrected chi connectivity index (χ1v) is 9.52. The number of hydrogen-bond donors (Lipinski definition) is 1. The Bertz CT molecular complexity index is 1080. The first-order valence-electron chi connectivity index (χ1n) is 9.52. The van der Waals surface area contributed by atoms with E-state index in [1.165, 1.54) is 0 Å². The molecule has 6 heteroatoms. The van der Waals surface area contributed by atoms with Crippen LogP contribution in [-0.4, -0.2) is 15.9 Å². The van der Waals surface area contributed by atoms with Gasteiger partial charge in [-0.15, -0.1) is 0 Å². The van der Waals surface area contributed by atoms with Gasteiger partial charge >= 0.3 is 0 Å². The number of aromatic nitrogens is 2. The fraction of sp³-hybridized carbons (Fsp3) is 0.409. The van der Waals surface area contributed by atoms with Gasteiger partial charge in [-0.2, -0.15) is 10.5 Å². The van der Waals surface area contributed by atoms with E-state index in [0.717, 1.165) is 24.1 Å². The molecule has 4 rings (SSSR count). The summed E-state index contributed by atoms with van der Waals surface area (Å²) in [4.78, 5) is 22.6. The number of nitriles is 2. The predicted octanol–water partition coefficient (Wildman–Crippen LogP) is 3.58. The second-order valence-electron chi connectivity index (χ2n) is 8.06. The molecule has 1 amide bonds. The highest BCUT2D eigenvalue weighted by Gasteiger charge is 2.68. The molecule has 0 aliphatic heterocycles. The van der Waals surface area contributed by atoms with Crippen LogP contribution in [0.25, 0.3) is 0 Å². The number of carbonyl (C=O) groups is 1. The molecule has 2 bridgehead atoms. The molecule has 0 saturated heterocycles. The van der Waals surface area contributed by atoms with Gasteiger partial charge in [-0.05, 0) is 36.3 Å². The van der Waals surface area contributed by atoms with E-state index in [2.05, 4.69) is 36.1 Å². The highest BCUT2D eigenvalue weighted by molar-refractivity contribution is 6.01. The molecule has 0 radical (unpaired) electrons. The average molecular weight is 371 g/mol. The molecule has 1 aromatic carbocycles. The smallest absolute Gasteiger partial charge is 0.237 e. The fourth-order valence-electron chi connectivity index (χ4n) is 5.10. The Morgan fingerprint density at radius 3 is 2.57 bits per heavy atom. The van der Waals surface area contributed by atoms with E-state index in [1.54, 1.807) is 0 Å². The standard InChI is InChI=1S/C22H21N5O/c1-4-13-7-5-6-8-15(13)27-20(28)22-10-9-14(21(22,2)3)18-19(22)26-17(12-24)16(11-23)25-18/h5-8,14H,4,9-10H2,1-3H3,(H,27,28). The molecule has 140 valence electrons. The third kappa shape index (κ3) is 2.15. The van der Waals surface area contributed by atoms with Crippen LogP contribution in [0.15, 0.2) is 24.3 Å². The molecule has 0 spiro atoms. The molecule has 1 fully saturated rings. The quantitative estimate of drug-likeness (QED) is 0.888. The van der Waals surface area contributed by atoms with Crippen LogP contribution in [0, 0.1) is 28.1 Å². The van der Waals surface area contributed by atoms with E-state index in [9.17, 15) is 15.3 Å². The monoisotopic (exact) mass is 371 g/mol. The Balaban J connectivity index is 1.86. The van der Waals surface area contributed by atoms with Gasteiger partial charge < -0.3 is 5.32 Å². The zero-order valence-electron chi connectivity index (χ0n) is 16.2. The summed E-state index contributed by atoms with van der Waals surface area (Å²) in [6.07, 6.45) is 2.29. The van der Waals surface area contributed by atoms with E-state index in [4.69, 9.17) is 0 Å². The van der Waals surface area contributed by atoms with E-state index in [0.29, 0.717) is 17.8 Å². The van der Waals surface area contributed by atoms with E-state index in [-0.39, 0.29) is 23.2 Å². The van der Waals surface area contributed by atoms with Crippen molar-refractivity contribution in [2.45, 2.75) is 51.4 Å². The van der Waals surface area contributed by atoms with Crippen LogP contribution < -0.4 is 5.32 Å². The third-order valence-electron chi connectivity index (χ3n) is 6.68. The van der Waals surface area contributed by atoms with Gasteiger partial charge in [0.05, 0.1) is 16.8 Å². The molecule has 1 saturated carbocycles. The molecule has 1 N–H and O–H groups in total. The molecule has 2 aliphatic rings. The lowest BCUT2D eigenvalue weighted by Gasteiger charge is -2.36. The largest absolute Gasteiger partial charge is 0.325 e. The zero-order chi connectivity index (χ0) is 20.1. The molecule has 1 heterocycles. The number of amides is 1. The Kier molecular flexibility index (Phi) is 3.97. The number of rotatable bonds is 3. The van der Waals surface area contributed by atoms with Gasteiger partial charge in [0.15, 0.2) is 11.4 Å². The van der Waals surface area contributed by atoms with Gasteiger partial charge in [0.1, 0.15) is 12.1 Å². The van der Waals surface area contributed by atoms with Crippen LogP contribution >= 0.6 is 0 Å². The van der Waals surface area contributed by atoms with Crippen molar-refractivity contribution in [1.29, 1.82) is 10.5 Å².